The van der Waals surface area contributed by atoms with Crippen molar-refractivity contribution in [2.24, 2.45) is 0 Å². The Bertz CT molecular complexity index is 858. The van der Waals surface area contributed by atoms with E-state index in [9.17, 15) is 9.18 Å². The van der Waals surface area contributed by atoms with E-state index in [1.807, 2.05) is 13.0 Å². The highest BCUT2D eigenvalue weighted by atomic mass is 19.1. The number of nitrogens with one attached hydrogen (secondary N) is 1. The molecule has 0 atom stereocenters. The lowest BCUT2D eigenvalue weighted by Crippen LogP contribution is -2.13. The van der Waals surface area contributed by atoms with Gasteiger partial charge in [-0.05, 0) is 48.9 Å². The molecule has 0 unspecified atom stereocenters. The molecule has 122 valence electrons. The Labute approximate surface area is 139 Å². The first-order valence-corrected chi connectivity index (χ1v) is 7.68. The molecule has 0 aliphatic heterocycles. The van der Waals surface area contributed by atoms with Gasteiger partial charge < -0.3 is 9.73 Å². The molecule has 3 rings (SSSR count). The van der Waals surface area contributed by atoms with E-state index in [1.54, 1.807) is 42.6 Å². The fourth-order valence-electron chi connectivity index (χ4n) is 2.36. The number of halogens is 1. The average Bonchev–Trinajstić information content (AvgIpc) is 3.02. The average molecular weight is 324 g/mol. The van der Waals surface area contributed by atoms with Crippen molar-refractivity contribution in [3.63, 3.8) is 0 Å². The van der Waals surface area contributed by atoms with Gasteiger partial charge in [-0.15, -0.1) is 0 Å². The Morgan fingerprint density at radius 3 is 2.83 bits per heavy atom. The van der Waals surface area contributed by atoms with Gasteiger partial charge in [0.25, 0.3) is 0 Å². The number of carbonyl (C=O) groups is 1. The number of anilines is 1. The number of carbonyl (C=O) groups excluding carboxylic acids is 1. The number of aromatic nitrogens is 1. The number of rotatable bonds is 5. The zero-order valence-corrected chi connectivity index (χ0v) is 13.3. The van der Waals surface area contributed by atoms with Gasteiger partial charge in [-0.1, -0.05) is 12.1 Å². The molecule has 0 spiro atoms. The molecule has 0 radical (unpaired) electrons. The van der Waals surface area contributed by atoms with Crippen molar-refractivity contribution < 1.29 is 13.6 Å². The minimum atomic E-state index is -0.332. The summed E-state index contributed by atoms with van der Waals surface area (Å²) in [6.07, 6.45) is 2.35. The van der Waals surface area contributed by atoms with Gasteiger partial charge in [0.05, 0.1) is 5.56 Å². The van der Waals surface area contributed by atoms with Crippen LogP contribution in [0.4, 0.5) is 10.2 Å². The van der Waals surface area contributed by atoms with Crippen LogP contribution < -0.4 is 5.32 Å². The third-order valence-electron chi connectivity index (χ3n) is 3.58. The summed E-state index contributed by atoms with van der Waals surface area (Å²) < 4.78 is 19.4. The predicted octanol–water partition coefficient (Wildman–Crippen LogP) is 4.36. The van der Waals surface area contributed by atoms with Gasteiger partial charge in [0, 0.05) is 19.0 Å². The summed E-state index contributed by atoms with van der Waals surface area (Å²) >= 11 is 0. The first-order chi connectivity index (χ1) is 11.6. The lowest BCUT2D eigenvalue weighted by atomic mass is 10.1. The molecule has 0 saturated carbocycles. The number of benzene rings is 1. The van der Waals surface area contributed by atoms with Crippen LogP contribution in [0.15, 0.2) is 59.1 Å². The molecule has 1 amide bonds. The molecule has 2 aromatic heterocycles. The van der Waals surface area contributed by atoms with E-state index in [-0.39, 0.29) is 18.1 Å². The summed E-state index contributed by atoms with van der Waals surface area (Å²) in [5.74, 6) is 1.16. The van der Waals surface area contributed by atoms with E-state index in [0.29, 0.717) is 29.3 Å². The zero-order chi connectivity index (χ0) is 16.9. The first-order valence-electron chi connectivity index (χ1n) is 7.68. The second-order valence-electron chi connectivity index (χ2n) is 5.51. The molecular formula is C19H17FN2O2. The molecule has 24 heavy (non-hydrogen) atoms. The van der Waals surface area contributed by atoms with Crippen LogP contribution in [0.3, 0.4) is 0 Å². The quantitative estimate of drug-likeness (QED) is 0.758. The summed E-state index contributed by atoms with van der Waals surface area (Å²) in [7, 11) is 0. The molecule has 0 bridgehead atoms. The predicted molar refractivity (Wildman–Crippen MR) is 90.0 cm³/mol. The Morgan fingerprint density at radius 1 is 1.21 bits per heavy atom. The van der Waals surface area contributed by atoms with Crippen LogP contribution in [0.1, 0.15) is 17.7 Å². The molecule has 0 saturated heterocycles. The van der Waals surface area contributed by atoms with E-state index >= 15 is 0 Å². The van der Waals surface area contributed by atoms with E-state index in [1.165, 1.54) is 6.07 Å². The highest BCUT2D eigenvalue weighted by Crippen LogP contribution is 2.25. The smallest absolute Gasteiger partial charge is 0.225 e. The highest BCUT2D eigenvalue weighted by molar-refractivity contribution is 5.89. The first kappa shape index (κ1) is 15.9. The number of hydrogen-bond acceptors (Lipinski definition) is 3. The largest absolute Gasteiger partial charge is 0.461 e. The van der Waals surface area contributed by atoms with Gasteiger partial charge >= 0.3 is 0 Å². The fraction of sp³-hybridized carbons (Fsp3) is 0.158. The molecule has 0 aliphatic rings. The van der Waals surface area contributed by atoms with Gasteiger partial charge in [-0.3, -0.25) is 4.79 Å². The molecule has 1 aromatic carbocycles. The van der Waals surface area contributed by atoms with Gasteiger partial charge in [0.2, 0.25) is 5.91 Å². The highest BCUT2D eigenvalue weighted by Gasteiger charge is 2.11. The van der Waals surface area contributed by atoms with E-state index < -0.39 is 0 Å². The second-order valence-corrected chi connectivity index (χ2v) is 5.51. The van der Waals surface area contributed by atoms with Gasteiger partial charge in [-0.2, -0.15) is 0 Å². The minimum Gasteiger partial charge on any atom is -0.461 e. The van der Waals surface area contributed by atoms with Crippen LogP contribution in [0.25, 0.3) is 11.3 Å². The second kappa shape index (κ2) is 7.08. The molecule has 1 N–H and O–H groups in total. The maximum absolute atomic E-state index is 13.7. The molecule has 0 aliphatic carbocycles. The maximum atomic E-state index is 13.7. The van der Waals surface area contributed by atoms with Crippen molar-refractivity contribution >= 4 is 11.7 Å². The summed E-state index contributed by atoms with van der Waals surface area (Å²) in [6, 6.07) is 13.6. The van der Waals surface area contributed by atoms with E-state index in [0.717, 1.165) is 5.56 Å². The lowest BCUT2D eigenvalue weighted by molar-refractivity contribution is -0.116. The van der Waals surface area contributed by atoms with Crippen molar-refractivity contribution in [1.29, 1.82) is 0 Å². The van der Waals surface area contributed by atoms with Gasteiger partial charge in [0.1, 0.15) is 23.2 Å². The Morgan fingerprint density at radius 2 is 2.04 bits per heavy atom. The van der Waals surface area contributed by atoms with Crippen LogP contribution >= 0.6 is 0 Å². The van der Waals surface area contributed by atoms with Crippen molar-refractivity contribution in [3.8, 4) is 11.3 Å². The summed E-state index contributed by atoms with van der Waals surface area (Å²) in [5, 5.41) is 2.75. The Kier molecular flexibility index (Phi) is 4.70. The van der Waals surface area contributed by atoms with Crippen LogP contribution in [0.2, 0.25) is 0 Å². The van der Waals surface area contributed by atoms with Crippen molar-refractivity contribution in [2.75, 3.05) is 5.32 Å². The lowest BCUT2D eigenvalue weighted by Gasteiger charge is -2.04. The van der Waals surface area contributed by atoms with Crippen LogP contribution in [-0.2, 0) is 11.2 Å². The third kappa shape index (κ3) is 3.87. The van der Waals surface area contributed by atoms with E-state index in [4.69, 9.17) is 4.42 Å². The Hall–Kier alpha value is -2.95. The number of furan rings is 1. The number of aryl methyl sites for hydroxylation is 2. The Balaban J connectivity index is 1.59. The van der Waals surface area contributed by atoms with Crippen LogP contribution in [0, 0.1) is 12.7 Å². The maximum Gasteiger partial charge on any atom is 0.225 e. The molecule has 0 fully saturated rings. The van der Waals surface area contributed by atoms with Crippen molar-refractivity contribution in [1.82, 2.24) is 4.98 Å². The molecule has 5 heteroatoms. The number of hydrogen-bond donors (Lipinski definition) is 1. The summed E-state index contributed by atoms with van der Waals surface area (Å²) in [5.41, 5.74) is 1.44. The molecule has 4 nitrogen and oxygen atoms in total. The molecular weight excluding hydrogens is 307 g/mol. The normalized spacial score (nSPS) is 10.6. The van der Waals surface area contributed by atoms with Gasteiger partial charge in [0.15, 0.2) is 0 Å². The summed E-state index contributed by atoms with van der Waals surface area (Å²) in [4.78, 5) is 16.1. The van der Waals surface area contributed by atoms with Crippen LogP contribution in [0.5, 0.6) is 0 Å². The number of pyridine rings is 1. The van der Waals surface area contributed by atoms with Crippen LogP contribution in [-0.4, -0.2) is 10.9 Å². The minimum absolute atomic E-state index is 0.142. The molecule has 3 aromatic rings. The zero-order valence-electron chi connectivity index (χ0n) is 13.3. The monoisotopic (exact) mass is 324 g/mol. The van der Waals surface area contributed by atoms with Crippen molar-refractivity contribution in [3.05, 3.63) is 71.9 Å². The topological polar surface area (TPSA) is 55.1 Å². The van der Waals surface area contributed by atoms with Crippen molar-refractivity contribution in [2.45, 2.75) is 19.8 Å². The fourth-order valence-corrected chi connectivity index (χ4v) is 2.36. The molecule has 2 heterocycles. The SMILES string of the molecule is Cc1ccnc(NC(=O)CCc2ccc(-c3ccccc3F)o2)c1. The third-order valence-corrected chi connectivity index (χ3v) is 3.58. The summed E-state index contributed by atoms with van der Waals surface area (Å²) in [6.45, 7) is 1.93. The number of amides is 1. The number of nitrogens with zero attached hydrogens (tertiary/aromatic N) is 1. The van der Waals surface area contributed by atoms with E-state index in [2.05, 4.69) is 10.3 Å². The standard InChI is InChI=1S/C19H17FN2O2/c1-13-10-11-21-18(12-13)22-19(23)9-7-14-6-8-17(24-14)15-4-2-3-5-16(15)20/h2-6,8,10-12H,7,9H2,1H3,(H,21,22,23). The van der Waals surface area contributed by atoms with Gasteiger partial charge in [-0.25, -0.2) is 9.37 Å².